The van der Waals surface area contributed by atoms with Crippen LogP contribution >= 0.6 is 0 Å². The Labute approximate surface area is 120 Å². The Morgan fingerprint density at radius 1 is 1.43 bits per heavy atom. The van der Waals surface area contributed by atoms with Crippen molar-refractivity contribution in [1.29, 1.82) is 0 Å². The molecule has 21 heavy (non-hydrogen) atoms. The molecule has 112 valence electrons. The third kappa shape index (κ3) is 2.28. The minimum atomic E-state index is -0.604. The van der Waals surface area contributed by atoms with Gasteiger partial charge in [-0.15, -0.1) is 0 Å². The van der Waals surface area contributed by atoms with E-state index < -0.39 is 6.29 Å². The molecule has 3 heterocycles. The number of anilines is 2. The predicted octanol–water partition coefficient (Wildman–Crippen LogP) is -0.313. The van der Waals surface area contributed by atoms with Gasteiger partial charge in [-0.2, -0.15) is 19.6 Å². The summed E-state index contributed by atoms with van der Waals surface area (Å²) in [4.78, 5) is 8.44. The monoisotopic (exact) mass is 292 g/mol. The van der Waals surface area contributed by atoms with Gasteiger partial charge in [0.05, 0.1) is 19.4 Å². The van der Waals surface area contributed by atoms with Crippen molar-refractivity contribution in [3.05, 3.63) is 11.8 Å². The van der Waals surface area contributed by atoms with Crippen LogP contribution < -0.4 is 11.1 Å². The molecular formula is C12H16N6O3. The molecule has 0 radical (unpaired) electrons. The molecule has 2 aromatic rings. The number of ether oxygens (including phenoxy) is 2. The maximum Gasteiger partial charge on any atom is 0.229 e. The first-order valence-electron chi connectivity index (χ1n) is 6.90. The lowest BCUT2D eigenvalue weighted by atomic mass is 10.2. The molecule has 9 heteroatoms. The van der Waals surface area contributed by atoms with Crippen molar-refractivity contribution in [2.75, 3.05) is 24.3 Å². The average molecular weight is 292 g/mol. The van der Waals surface area contributed by atoms with E-state index in [1.54, 1.807) is 10.7 Å². The summed E-state index contributed by atoms with van der Waals surface area (Å²) < 4.78 is 12.5. The van der Waals surface area contributed by atoms with Crippen molar-refractivity contribution in [2.45, 2.75) is 31.3 Å². The van der Waals surface area contributed by atoms with Gasteiger partial charge >= 0.3 is 0 Å². The third-order valence-electron chi connectivity index (χ3n) is 3.57. The Morgan fingerprint density at radius 3 is 3.00 bits per heavy atom. The standard InChI is InChI=1S/C12H16N6O3/c13-11-16-10-7(8-5-20-9(4-19)21-8)3-14-18(10)12(17-11)15-6-1-2-6/h3,6,8-9,19H,1-2,4-5H2,(H3,13,15,16,17)/t8-,9-/m0/s1. The van der Waals surface area contributed by atoms with Gasteiger partial charge in [0.1, 0.15) is 6.10 Å². The summed E-state index contributed by atoms with van der Waals surface area (Å²) in [6.07, 6.45) is 3.00. The molecule has 2 aromatic heterocycles. The summed E-state index contributed by atoms with van der Waals surface area (Å²) in [5, 5.41) is 16.7. The van der Waals surface area contributed by atoms with E-state index in [1.165, 1.54) is 0 Å². The van der Waals surface area contributed by atoms with Gasteiger partial charge in [0.25, 0.3) is 0 Å². The second-order valence-electron chi connectivity index (χ2n) is 5.23. The first-order chi connectivity index (χ1) is 10.2. The molecule has 1 saturated heterocycles. The van der Waals surface area contributed by atoms with E-state index in [0.717, 1.165) is 18.4 Å². The van der Waals surface area contributed by atoms with Gasteiger partial charge in [0.2, 0.25) is 11.9 Å². The van der Waals surface area contributed by atoms with E-state index in [9.17, 15) is 0 Å². The minimum absolute atomic E-state index is 0.179. The molecular weight excluding hydrogens is 276 g/mol. The number of nitrogens with two attached hydrogens (primary N) is 1. The van der Waals surface area contributed by atoms with Crippen LogP contribution in [0.1, 0.15) is 24.5 Å². The molecule has 0 spiro atoms. The Balaban J connectivity index is 1.71. The number of rotatable bonds is 4. The first-order valence-corrected chi connectivity index (χ1v) is 6.90. The fraction of sp³-hybridized carbons (Fsp3) is 0.583. The van der Waals surface area contributed by atoms with Gasteiger partial charge in [0.15, 0.2) is 11.9 Å². The number of nitrogens with one attached hydrogen (secondary N) is 1. The molecule has 0 unspecified atom stereocenters. The van der Waals surface area contributed by atoms with Crippen LogP contribution in [-0.4, -0.2) is 50.2 Å². The van der Waals surface area contributed by atoms with Crippen LogP contribution in [0.15, 0.2) is 6.20 Å². The molecule has 2 atom stereocenters. The maximum absolute atomic E-state index is 9.06. The van der Waals surface area contributed by atoms with E-state index in [-0.39, 0.29) is 18.7 Å². The highest BCUT2D eigenvalue weighted by atomic mass is 16.7. The van der Waals surface area contributed by atoms with Crippen molar-refractivity contribution in [1.82, 2.24) is 19.6 Å². The zero-order chi connectivity index (χ0) is 14.4. The van der Waals surface area contributed by atoms with Gasteiger partial charge in [-0.1, -0.05) is 0 Å². The van der Waals surface area contributed by atoms with Gasteiger partial charge in [-0.3, -0.25) is 0 Å². The van der Waals surface area contributed by atoms with Crippen molar-refractivity contribution in [3.63, 3.8) is 0 Å². The molecule has 1 saturated carbocycles. The summed E-state index contributed by atoms with van der Waals surface area (Å²) in [5.41, 5.74) is 7.16. The lowest BCUT2D eigenvalue weighted by Crippen LogP contribution is -2.13. The Morgan fingerprint density at radius 2 is 2.29 bits per heavy atom. The van der Waals surface area contributed by atoms with Crippen LogP contribution in [0.25, 0.3) is 5.65 Å². The maximum atomic E-state index is 9.06. The topological polar surface area (TPSA) is 120 Å². The van der Waals surface area contributed by atoms with E-state index in [0.29, 0.717) is 24.2 Å². The molecule has 1 aliphatic carbocycles. The quantitative estimate of drug-likeness (QED) is 0.701. The molecule has 9 nitrogen and oxygen atoms in total. The minimum Gasteiger partial charge on any atom is -0.391 e. The van der Waals surface area contributed by atoms with Crippen LogP contribution in [0.2, 0.25) is 0 Å². The molecule has 0 bridgehead atoms. The van der Waals surface area contributed by atoms with Gasteiger partial charge in [-0.25, -0.2) is 0 Å². The normalized spacial score (nSPS) is 25.6. The molecule has 0 aromatic carbocycles. The number of nitrogens with zero attached hydrogens (tertiary/aromatic N) is 4. The lowest BCUT2D eigenvalue weighted by Gasteiger charge is -2.09. The number of aromatic nitrogens is 4. The number of aliphatic hydroxyl groups is 1. The van der Waals surface area contributed by atoms with E-state index in [2.05, 4.69) is 20.4 Å². The lowest BCUT2D eigenvalue weighted by molar-refractivity contribution is -0.0880. The van der Waals surface area contributed by atoms with Crippen LogP contribution in [0.4, 0.5) is 11.9 Å². The van der Waals surface area contributed by atoms with E-state index >= 15 is 0 Å². The number of nitrogen functional groups attached to an aromatic ring is 1. The molecule has 4 rings (SSSR count). The third-order valence-corrected chi connectivity index (χ3v) is 3.57. The fourth-order valence-electron chi connectivity index (χ4n) is 2.36. The van der Waals surface area contributed by atoms with Crippen LogP contribution in [-0.2, 0) is 9.47 Å². The summed E-state index contributed by atoms with van der Waals surface area (Å²) in [7, 11) is 0. The largest absolute Gasteiger partial charge is 0.391 e. The van der Waals surface area contributed by atoms with Gasteiger partial charge in [0, 0.05) is 11.6 Å². The molecule has 4 N–H and O–H groups in total. The Kier molecular flexibility index (Phi) is 2.91. The molecule has 0 amide bonds. The highest BCUT2D eigenvalue weighted by Crippen LogP contribution is 2.30. The average Bonchev–Trinajstić information content (AvgIpc) is 3.01. The molecule has 1 aliphatic heterocycles. The van der Waals surface area contributed by atoms with E-state index in [1.807, 2.05) is 0 Å². The summed E-state index contributed by atoms with van der Waals surface area (Å²) in [5.74, 6) is 0.772. The van der Waals surface area contributed by atoms with Crippen molar-refractivity contribution in [3.8, 4) is 0 Å². The van der Waals surface area contributed by atoms with Gasteiger partial charge in [-0.05, 0) is 12.8 Å². The van der Waals surface area contributed by atoms with Gasteiger partial charge < -0.3 is 25.6 Å². The summed E-state index contributed by atoms with van der Waals surface area (Å²) in [6.45, 7) is 0.170. The highest BCUT2D eigenvalue weighted by Gasteiger charge is 2.30. The predicted molar refractivity (Wildman–Crippen MR) is 72.5 cm³/mol. The number of hydrogen-bond acceptors (Lipinski definition) is 8. The smallest absolute Gasteiger partial charge is 0.229 e. The second kappa shape index (κ2) is 4.79. The Hall–Kier alpha value is -1.97. The highest BCUT2D eigenvalue weighted by molar-refractivity contribution is 5.55. The molecule has 2 aliphatic rings. The first kappa shape index (κ1) is 12.7. The van der Waals surface area contributed by atoms with E-state index in [4.69, 9.17) is 20.3 Å². The van der Waals surface area contributed by atoms with Crippen LogP contribution in [0, 0.1) is 0 Å². The van der Waals surface area contributed by atoms with Crippen LogP contribution in [0.5, 0.6) is 0 Å². The zero-order valence-electron chi connectivity index (χ0n) is 11.3. The van der Waals surface area contributed by atoms with Crippen molar-refractivity contribution >= 4 is 17.5 Å². The Bertz CT molecular complexity index is 670. The van der Waals surface area contributed by atoms with Crippen molar-refractivity contribution < 1.29 is 14.6 Å². The summed E-state index contributed by atoms with van der Waals surface area (Å²) >= 11 is 0. The second-order valence-corrected chi connectivity index (χ2v) is 5.23. The fourth-order valence-corrected chi connectivity index (χ4v) is 2.36. The number of hydrogen-bond donors (Lipinski definition) is 3. The number of aliphatic hydroxyl groups excluding tert-OH is 1. The summed E-state index contributed by atoms with van der Waals surface area (Å²) in [6, 6.07) is 0.431. The zero-order valence-corrected chi connectivity index (χ0v) is 11.3. The van der Waals surface area contributed by atoms with Crippen molar-refractivity contribution in [2.24, 2.45) is 0 Å². The SMILES string of the molecule is Nc1nc(NC2CC2)n2ncc([C@@H]3CO[C@H](CO)O3)c2n1. The number of fused-ring (bicyclic) bond motifs is 1. The van der Waals surface area contributed by atoms with Crippen LogP contribution in [0.3, 0.4) is 0 Å². The molecule has 2 fully saturated rings.